The normalized spacial score (nSPS) is 15.1. The number of hydrogen-bond donors (Lipinski definition) is 1. The molecule has 1 unspecified atom stereocenters. The van der Waals surface area contributed by atoms with Crippen LogP contribution in [0.15, 0.2) is 24.3 Å². The van der Waals surface area contributed by atoms with E-state index in [0.717, 1.165) is 0 Å². The van der Waals surface area contributed by atoms with Crippen molar-refractivity contribution in [2.24, 2.45) is 0 Å². The fourth-order valence-electron chi connectivity index (χ4n) is 1.50. The monoisotopic (exact) mass is 191 g/mol. The Morgan fingerprint density at radius 1 is 1.14 bits per heavy atom. The van der Waals surface area contributed by atoms with Gasteiger partial charge in [0, 0.05) is 12.1 Å². The van der Waals surface area contributed by atoms with Crippen molar-refractivity contribution in [1.29, 1.82) is 0 Å². The number of hydrogen-bond acceptors (Lipinski definition) is 1. The molecule has 78 valence electrons. The molecule has 0 saturated carbocycles. The molecule has 1 aromatic rings. The molecule has 1 aromatic carbocycles. The van der Waals surface area contributed by atoms with E-state index < -0.39 is 0 Å². The van der Waals surface area contributed by atoms with E-state index in [1.807, 2.05) is 0 Å². The second-order valence-electron chi connectivity index (χ2n) is 4.11. The van der Waals surface area contributed by atoms with Crippen molar-refractivity contribution in [2.75, 3.05) is 0 Å². The van der Waals surface area contributed by atoms with E-state index in [1.54, 1.807) is 0 Å². The van der Waals surface area contributed by atoms with Gasteiger partial charge in [0.05, 0.1) is 0 Å². The number of rotatable bonds is 4. The summed E-state index contributed by atoms with van der Waals surface area (Å²) < 4.78 is 0. The molecular formula is C13H21N. The smallest absolute Gasteiger partial charge is 0.0294 e. The minimum atomic E-state index is 0.450. The Balaban J connectivity index is 2.60. The zero-order valence-electron chi connectivity index (χ0n) is 9.67. The van der Waals surface area contributed by atoms with Crippen molar-refractivity contribution in [3.63, 3.8) is 0 Å². The topological polar surface area (TPSA) is 12.0 Å². The Bertz CT molecular complexity index is 263. The van der Waals surface area contributed by atoms with Crippen LogP contribution < -0.4 is 5.32 Å². The highest BCUT2D eigenvalue weighted by Crippen LogP contribution is 2.14. The van der Waals surface area contributed by atoms with E-state index in [1.165, 1.54) is 17.5 Å². The van der Waals surface area contributed by atoms with Gasteiger partial charge in [0.1, 0.15) is 0 Å². The van der Waals surface area contributed by atoms with Crippen molar-refractivity contribution >= 4 is 0 Å². The third kappa shape index (κ3) is 3.15. The summed E-state index contributed by atoms with van der Waals surface area (Å²) in [7, 11) is 0. The van der Waals surface area contributed by atoms with Crippen LogP contribution in [0.5, 0.6) is 0 Å². The van der Waals surface area contributed by atoms with Crippen molar-refractivity contribution in [3.8, 4) is 0 Å². The first-order valence-electron chi connectivity index (χ1n) is 5.46. The highest BCUT2D eigenvalue weighted by atomic mass is 14.9. The Morgan fingerprint density at radius 2 is 1.71 bits per heavy atom. The zero-order valence-corrected chi connectivity index (χ0v) is 9.67. The van der Waals surface area contributed by atoms with Crippen LogP contribution in [0.1, 0.15) is 44.4 Å². The first kappa shape index (κ1) is 11.3. The van der Waals surface area contributed by atoms with Crippen molar-refractivity contribution in [3.05, 3.63) is 35.4 Å². The summed E-state index contributed by atoms with van der Waals surface area (Å²) >= 11 is 0. The van der Waals surface area contributed by atoms with Crippen LogP contribution in [0.3, 0.4) is 0 Å². The van der Waals surface area contributed by atoms with E-state index >= 15 is 0 Å². The summed E-state index contributed by atoms with van der Waals surface area (Å²) in [4.78, 5) is 0. The van der Waals surface area contributed by atoms with Gasteiger partial charge in [0.25, 0.3) is 0 Å². The molecular weight excluding hydrogens is 170 g/mol. The van der Waals surface area contributed by atoms with Gasteiger partial charge < -0.3 is 5.32 Å². The van der Waals surface area contributed by atoms with Gasteiger partial charge in [0.2, 0.25) is 0 Å². The van der Waals surface area contributed by atoms with Crippen LogP contribution in [-0.2, 0) is 0 Å². The molecule has 0 aliphatic heterocycles. The van der Waals surface area contributed by atoms with E-state index in [4.69, 9.17) is 0 Å². The maximum atomic E-state index is 3.57. The zero-order chi connectivity index (χ0) is 10.6. The van der Waals surface area contributed by atoms with Gasteiger partial charge in [-0.25, -0.2) is 0 Å². The van der Waals surface area contributed by atoms with Gasteiger partial charge in [-0.15, -0.1) is 0 Å². The molecule has 0 aliphatic rings. The second-order valence-corrected chi connectivity index (χ2v) is 4.11. The number of aryl methyl sites for hydroxylation is 1. The molecule has 1 rings (SSSR count). The maximum Gasteiger partial charge on any atom is 0.0294 e. The SMILES string of the molecule is CCC(C)N[C@H](C)c1ccc(C)cc1. The maximum absolute atomic E-state index is 3.57. The third-order valence-corrected chi connectivity index (χ3v) is 2.72. The van der Waals surface area contributed by atoms with Gasteiger partial charge in [0.15, 0.2) is 0 Å². The van der Waals surface area contributed by atoms with Crippen LogP contribution in [0.2, 0.25) is 0 Å². The molecule has 1 nitrogen and oxygen atoms in total. The average molecular weight is 191 g/mol. The highest BCUT2D eigenvalue weighted by Gasteiger charge is 2.06. The predicted octanol–water partition coefficient (Wildman–Crippen LogP) is 3.44. The van der Waals surface area contributed by atoms with Crippen LogP contribution in [0, 0.1) is 6.92 Å². The van der Waals surface area contributed by atoms with Gasteiger partial charge >= 0.3 is 0 Å². The minimum absolute atomic E-state index is 0.450. The average Bonchev–Trinajstić information content (AvgIpc) is 2.18. The Kier molecular flexibility index (Phi) is 4.15. The lowest BCUT2D eigenvalue weighted by Gasteiger charge is -2.19. The summed E-state index contributed by atoms with van der Waals surface area (Å²) in [6.45, 7) is 8.78. The summed E-state index contributed by atoms with van der Waals surface area (Å²) in [5.41, 5.74) is 2.69. The van der Waals surface area contributed by atoms with Crippen molar-refractivity contribution in [2.45, 2.75) is 46.2 Å². The Labute approximate surface area is 87.5 Å². The van der Waals surface area contributed by atoms with Crippen LogP contribution in [0.25, 0.3) is 0 Å². The Hall–Kier alpha value is -0.820. The van der Waals surface area contributed by atoms with E-state index in [0.29, 0.717) is 12.1 Å². The quantitative estimate of drug-likeness (QED) is 0.768. The summed E-state index contributed by atoms with van der Waals surface area (Å²) in [5.74, 6) is 0. The molecule has 0 radical (unpaired) electrons. The molecule has 0 fully saturated rings. The van der Waals surface area contributed by atoms with E-state index in [2.05, 4.69) is 57.3 Å². The molecule has 0 aliphatic carbocycles. The Morgan fingerprint density at radius 3 is 2.21 bits per heavy atom. The molecule has 0 spiro atoms. The van der Waals surface area contributed by atoms with Crippen LogP contribution in [-0.4, -0.2) is 6.04 Å². The molecule has 0 amide bonds. The number of nitrogens with one attached hydrogen (secondary N) is 1. The molecule has 0 aromatic heterocycles. The van der Waals surface area contributed by atoms with Gasteiger partial charge in [-0.05, 0) is 32.8 Å². The molecule has 0 bridgehead atoms. The molecule has 1 heteroatoms. The van der Waals surface area contributed by atoms with Crippen molar-refractivity contribution in [1.82, 2.24) is 5.32 Å². The van der Waals surface area contributed by atoms with E-state index in [9.17, 15) is 0 Å². The molecule has 2 atom stereocenters. The van der Waals surface area contributed by atoms with Gasteiger partial charge in [-0.1, -0.05) is 36.8 Å². The molecule has 0 saturated heterocycles. The third-order valence-electron chi connectivity index (χ3n) is 2.72. The van der Waals surface area contributed by atoms with Crippen LogP contribution >= 0.6 is 0 Å². The fraction of sp³-hybridized carbons (Fsp3) is 0.538. The van der Waals surface area contributed by atoms with Crippen LogP contribution in [0.4, 0.5) is 0 Å². The minimum Gasteiger partial charge on any atom is -0.308 e. The molecule has 14 heavy (non-hydrogen) atoms. The molecule has 0 heterocycles. The largest absolute Gasteiger partial charge is 0.308 e. The lowest BCUT2D eigenvalue weighted by molar-refractivity contribution is 0.469. The second kappa shape index (κ2) is 5.16. The van der Waals surface area contributed by atoms with Crippen molar-refractivity contribution < 1.29 is 0 Å². The first-order valence-corrected chi connectivity index (χ1v) is 5.46. The number of benzene rings is 1. The summed E-state index contributed by atoms with van der Waals surface area (Å²) in [5, 5.41) is 3.57. The summed E-state index contributed by atoms with van der Waals surface area (Å²) in [6, 6.07) is 9.79. The van der Waals surface area contributed by atoms with Gasteiger partial charge in [-0.3, -0.25) is 0 Å². The predicted molar refractivity (Wildman–Crippen MR) is 62.5 cm³/mol. The first-order chi connectivity index (χ1) is 6.63. The van der Waals surface area contributed by atoms with E-state index in [-0.39, 0.29) is 0 Å². The van der Waals surface area contributed by atoms with Gasteiger partial charge in [-0.2, -0.15) is 0 Å². The fourth-order valence-corrected chi connectivity index (χ4v) is 1.50. The standard InChI is InChI=1S/C13H21N/c1-5-11(3)14-12(4)13-8-6-10(2)7-9-13/h6-9,11-12,14H,5H2,1-4H3/t11?,12-/m1/s1. The summed E-state index contributed by atoms with van der Waals surface area (Å²) in [6.07, 6.45) is 1.18. The highest BCUT2D eigenvalue weighted by molar-refractivity contribution is 5.23. The lowest BCUT2D eigenvalue weighted by atomic mass is 10.1. The lowest BCUT2D eigenvalue weighted by Crippen LogP contribution is -2.28. The molecule has 1 N–H and O–H groups in total.